The summed E-state index contributed by atoms with van der Waals surface area (Å²) in [4.78, 5) is 3.85. The Bertz CT molecular complexity index is 1460. The van der Waals surface area contributed by atoms with Crippen molar-refractivity contribution < 1.29 is 18.3 Å². The first-order valence-electron chi connectivity index (χ1n) is 10.4. The van der Waals surface area contributed by atoms with E-state index in [2.05, 4.69) is 30.6 Å². The summed E-state index contributed by atoms with van der Waals surface area (Å²) >= 11 is 1.09. The van der Waals surface area contributed by atoms with Crippen LogP contribution in [0.5, 0.6) is 0 Å². The van der Waals surface area contributed by atoms with Gasteiger partial charge in [-0.2, -0.15) is 5.10 Å². The Morgan fingerprint density at radius 3 is 2.66 bits per heavy atom. The second-order valence-electron chi connectivity index (χ2n) is 7.79. The van der Waals surface area contributed by atoms with Gasteiger partial charge in [-0.05, 0) is 36.4 Å². The van der Waals surface area contributed by atoms with E-state index >= 15 is 0 Å². The van der Waals surface area contributed by atoms with Crippen LogP contribution >= 0.6 is 11.8 Å². The fourth-order valence-corrected chi connectivity index (χ4v) is 4.24. The van der Waals surface area contributed by atoms with Crippen LogP contribution in [-0.2, 0) is 18.7 Å². The average molecular weight is 497 g/mol. The first-order chi connectivity index (χ1) is 16.9. The second kappa shape index (κ2) is 9.35. The molecule has 0 aliphatic carbocycles. The predicted molar refractivity (Wildman–Crippen MR) is 119 cm³/mol. The minimum absolute atomic E-state index is 0.112. The molecule has 35 heavy (non-hydrogen) atoms. The SMILES string of the molecule is Cc1ccccc1-c1nnc(Sc2cn(CC(O)(Cn3cncn3)c3ccc(F)cc3F)nn2)o1. The molecule has 0 spiro atoms. The quantitative estimate of drug-likeness (QED) is 0.345. The Balaban J connectivity index is 1.37. The topological polar surface area (TPSA) is 121 Å². The smallest absolute Gasteiger partial charge is 0.283 e. The first-order valence-corrected chi connectivity index (χ1v) is 11.2. The fraction of sp³-hybridized carbons (Fsp3) is 0.182. The van der Waals surface area contributed by atoms with Gasteiger partial charge in [-0.1, -0.05) is 29.5 Å². The molecule has 0 saturated heterocycles. The Kier molecular flexibility index (Phi) is 6.09. The van der Waals surface area contributed by atoms with Crippen molar-refractivity contribution in [3.63, 3.8) is 0 Å². The first kappa shape index (κ1) is 22.8. The molecule has 1 unspecified atom stereocenters. The zero-order valence-electron chi connectivity index (χ0n) is 18.3. The molecule has 3 heterocycles. The highest BCUT2D eigenvalue weighted by Crippen LogP contribution is 2.31. The van der Waals surface area contributed by atoms with Gasteiger partial charge in [-0.3, -0.25) is 0 Å². The van der Waals surface area contributed by atoms with E-state index in [4.69, 9.17) is 4.42 Å². The normalized spacial score (nSPS) is 13.1. The van der Waals surface area contributed by atoms with E-state index in [-0.39, 0.29) is 23.9 Å². The zero-order chi connectivity index (χ0) is 24.4. The van der Waals surface area contributed by atoms with E-state index in [1.54, 1.807) is 6.20 Å². The van der Waals surface area contributed by atoms with Gasteiger partial charge in [-0.15, -0.1) is 15.3 Å². The van der Waals surface area contributed by atoms with Crippen LogP contribution in [0.2, 0.25) is 0 Å². The van der Waals surface area contributed by atoms with E-state index in [0.717, 1.165) is 29.0 Å². The van der Waals surface area contributed by atoms with E-state index in [9.17, 15) is 13.9 Å². The molecule has 10 nitrogen and oxygen atoms in total. The molecule has 13 heteroatoms. The molecule has 0 radical (unpaired) electrons. The summed E-state index contributed by atoms with van der Waals surface area (Å²) in [6, 6.07) is 10.6. The number of aryl methyl sites for hydroxylation is 1. The average Bonchev–Trinajstić information content (AvgIpc) is 3.58. The Hall–Kier alpha value is -3.97. The van der Waals surface area contributed by atoms with Crippen LogP contribution < -0.4 is 0 Å². The van der Waals surface area contributed by atoms with E-state index in [1.165, 1.54) is 28.1 Å². The summed E-state index contributed by atoms with van der Waals surface area (Å²) in [7, 11) is 0. The minimum Gasteiger partial charge on any atom is -0.411 e. The predicted octanol–water partition coefficient (Wildman–Crippen LogP) is 3.25. The number of aliphatic hydroxyl groups is 1. The number of halogens is 2. The third-order valence-corrected chi connectivity index (χ3v) is 5.97. The highest BCUT2D eigenvalue weighted by Gasteiger charge is 2.35. The Morgan fingerprint density at radius 1 is 1.06 bits per heavy atom. The maximum atomic E-state index is 14.6. The molecule has 5 rings (SSSR count). The lowest BCUT2D eigenvalue weighted by Crippen LogP contribution is -2.37. The van der Waals surface area contributed by atoms with Crippen LogP contribution in [0.15, 0.2) is 76.0 Å². The van der Waals surface area contributed by atoms with Gasteiger partial charge >= 0.3 is 0 Å². The van der Waals surface area contributed by atoms with Crippen molar-refractivity contribution in [1.29, 1.82) is 0 Å². The summed E-state index contributed by atoms with van der Waals surface area (Å²) in [5.41, 5.74) is -0.115. The van der Waals surface area contributed by atoms with E-state index in [1.807, 2.05) is 31.2 Å². The summed E-state index contributed by atoms with van der Waals surface area (Å²) in [6.07, 6.45) is 4.23. The number of aromatic nitrogens is 8. The lowest BCUT2D eigenvalue weighted by atomic mass is 9.93. The number of hydrogen-bond donors (Lipinski definition) is 1. The summed E-state index contributed by atoms with van der Waals surface area (Å²) < 4.78 is 36.5. The Labute approximate surface area is 201 Å². The molecule has 0 fully saturated rings. The lowest BCUT2D eigenvalue weighted by Gasteiger charge is -2.28. The molecule has 0 aliphatic rings. The van der Waals surface area contributed by atoms with Gasteiger partial charge in [0.05, 0.1) is 19.3 Å². The largest absolute Gasteiger partial charge is 0.411 e. The molecule has 178 valence electrons. The van der Waals surface area contributed by atoms with Gasteiger partial charge in [0.1, 0.15) is 34.9 Å². The van der Waals surface area contributed by atoms with Crippen LogP contribution in [0.3, 0.4) is 0 Å². The van der Waals surface area contributed by atoms with Crippen molar-refractivity contribution in [2.24, 2.45) is 0 Å². The van der Waals surface area contributed by atoms with Gasteiger partial charge in [0.2, 0.25) is 5.89 Å². The number of benzene rings is 2. The summed E-state index contributed by atoms with van der Waals surface area (Å²) in [5, 5.41) is 32.4. The molecule has 5 aromatic rings. The van der Waals surface area contributed by atoms with Crippen LogP contribution in [-0.4, -0.2) is 45.1 Å². The molecule has 1 atom stereocenters. The van der Waals surface area contributed by atoms with Crippen molar-refractivity contribution in [1.82, 2.24) is 40.0 Å². The minimum atomic E-state index is -1.83. The lowest BCUT2D eigenvalue weighted by molar-refractivity contribution is -0.00893. The van der Waals surface area contributed by atoms with Crippen LogP contribution in [0, 0.1) is 18.6 Å². The van der Waals surface area contributed by atoms with Gasteiger partial charge in [0.25, 0.3) is 5.22 Å². The molecule has 1 N–H and O–H groups in total. The molecule has 2 aromatic carbocycles. The molecular formula is C22H18F2N8O2S. The van der Waals surface area contributed by atoms with Crippen LogP contribution in [0.1, 0.15) is 11.1 Å². The molecule has 0 amide bonds. The maximum Gasteiger partial charge on any atom is 0.283 e. The molecule has 3 aromatic heterocycles. The number of hydrogen-bond acceptors (Lipinski definition) is 9. The van der Waals surface area contributed by atoms with Gasteiger partial charge in [0.15, 0.2) is 0 Å². The second-order valence-corrected chi connectivity index (χ2v) is 8.76. The zero-order valence-corrected chi connectivity index (χ0v) is 19.1. The van der Waals surface area contributed by atoms with Gasteiger partial charge in [-0.25, -0.2) is 23.1 Å². The highest BCUT2D eigenvalue weighted by molar-refractivity contribution is 7.99. The Morgan fingerprint density at radius 2 is 1.89 bits per heavy atom. The molecule has 0 bridgehead atoms. The number of nitrogens with zero attached hydrogens (tertiary/aromatic N) is 8. The maximum absolute atomic E-state index is 14.6. The molecule has 0 saturated carbocycles. The standard InChI is InChI=1S/C22H18F2N8O2S/c1-14-4-2-3-5-16(14)20-28-29-21(34-20)35-19-9-31(30-27-19)10-22(33,11-32-13-25-12-26-32)17-7-6-15(23)8-18(17)24/h2-9,12-13,33H,10-11H2,1H3. The number of rotatable bonds is 8. The third kappa shape index (κ3) is 4.95. The van der Waals surface area contributed by atoms with Crippen molar-refractivity contribution >= 4 is 11.8 Å². The van der Waals surface area contributed by atoms with Crippen molar-refractivity contribution in [2.45, 2.75) is 35.9 Å². The van der Waals surface area contributed by atoms with Crippen molar-refractivity contribution in [2.75, 3.05) is 0 Å². The van der Waals surface area contributed by atoms with Gasteiger partial charge < -0.3 is 9.52 Å². The molecular weight excluding hydrogens is 478 g/mol. The monoisotopic (exact) mass is 496 g/mol. The fourth-order valence-electron chi connectivity index (χ4n) is 3.60. The molecule has 0 aliphatic heterocycles. The van der Waals surface area contributed by atoms with Gasteiger partial charge in [0, 0.05) is 17.2 Å². The third-order valence-electron chi connectivity index (χ3n) is 5.24. The summed E-state index contributed by atoms with van der Waals surface area (Å²) in [5.74, 6) is -1.26. The van der Waals surface area contributed by atoms with Crippen molar-refractivity contribution in [3.8, 4) is 11.5 Å². The van der Waals surface area contributed by atoms with E-state index < -0.39 is 17.2 Å². The highest BCUT2D eigenvalue weighted by atomic mass is 32.2. The van der Waals surface area contributed by atoms with Crippen LogP contribution in [0.25, 0.3) is 11.5 Å². The van der Waals surface area contributed by atoms with Crippen LogP contribution in [0.4, 0.5) is 8.78 Å². The van der Waals surface area contributed by atoms with E-state index in [0.29, 0.717) is 17.0 Å². The summed E-state index contributed by atoms with van der Waals surface area (Å²) in [6.45, 7) is 1.60. The van der Waals surface area contributed by atoms with Crippen molar-refractivity contribution in [3.05, 3.63) is 84.1 Å².